The van der Waals surface area contributed by atoms with E-state index in [0.717, 1.165) is 61.3 Å². The molecular formula is C27H27BrN2O3S. The minimum atomic E-state index is -0.274. The van der Waals surface area contributed by atoms with Gasteiger partial charge in [0.15, 0.2) is 0 Å². The van der Waals surface area contributed by atoms with Gasteiger partial charge in [-0.15, -0.1) is 0 Å². The summed E-state index contributed by atoms with van der Waals surface area (Å²) in [5.41, 5.74) is 7.34. The Kier molecular flexibility index (Phi) is 7.05. The van der Waals surface area contributed by atoms with Crippen LogP contribution in [-0.2, 0) is 4.79 Å². The van der Waals surface area contributed by atoms with Gasteiger partial charge in [-0.1, -0.05) is 28.1 Å². The van der Waals surface area contributed by atoms with Gasteiger partial charge in [0.2, 0.25) is 0 Å². The first kappa shape index (κ1) is 24.4. The quantitative estimate of drug-likeness (QED) is 0.320. The van der Waals surface area contributed by atoms with Gasteiger partial charge < -0.3 is 9.30 Å². The van der Waals surface area contributed by atoms with Crippen molar-refractivity contribution in [3.63, 3.8) is 0 Å². The molecule has 176 valence electrons. The molecule has 1 aromatic heterocycles. The first-order valence-corrected chi connectivity index (χ1v) is 12.7. The van der Waals surface area contributed by atoms with Crippen LogP contribution in [0.1, 0.15) is 33.6 Å². The second-order valence-corrected chi connectivity index (χ2v) is 10.4. The van der Waals surface area contributed by atoms with Gasteiger partial charge in [-0.25, -0.2) is 0 Å². The summed E-state index contributed by atoms with van der Waals surface area (Å²) in [5, 5.41) is -0.266. The Morgan fingerprint density at radius 1 is 0.971 bits per heavy atom. The molecule has 34 heavy (non-hydrogen) atoms. The number of carbonyl (C=O) groups is 2. The fourth-order valence-electron chi connectivity index (χ4n) is 4.04. The van der Waals surface area contributed by atoms with Gasteiger partial charge in [0, 0.05) is 21.5 Å². The molecule has 0 radical (unpaired) electrons. The summed E-state index contributed by atoms with van der Waals surface area (Å²) in [4.78, 5) is 27.2. The van der Waals surface area contributed by atoms with Crippen LogP contribution in [-0.4, -0.2) is 33.8 Å². The molecule has 4 rings (SSSR count). The summed E-state index contributed by atoms with van der Waals surface area (Å²) in [6.07, 6.45) is 1.82. The number of nitrogens with zero attached hydrogens (tertiary/aromatic N) is 2. The zero-order chi connectivity index (χ0) is 24.6. The molecule has 1 aliphatic heterocycles. The molecule has 0 unspecified atom stereocenters. The van der Waals surface area contributed by atoms with Crippen LogP contribution in [0.2, 0.25) is 0 Å². The van der Waals surface area contributed by atoms with E-state index in [-0.39, 0.29) is 24.3 Å². The largest absolute Gasteiger partial charge is 0.491 e. The Hall–Kier alpha value is -2.77. The molecule has 0 aliphatic carbocycles. The zero-order valence-corrected chi connectivity index (χ0v) is 22.3. The van der Waals surface area contributed by atoms with Gasteiger partial charge >= 0.3 is 0 Å². The number of benzene rings is 2. The maximum atomic E-state index is 13.0. The number of halogens is 1. The molecule has 2 aromatic carbocycles. The van der Waals surface area contributed by atoms with Gasteiger partial charge in [0.1, 0.15) is 12.4 Å². The first-order chi connectivity index (χ1) is 16.2. The fraction of sp³-hybridized carbons (Fsp3) is 0.259. The predicted octanol–water partition coefficient (Wildman–Crippen LogP) is 6.90. The number of imide groups is 1. The molecule has 2 heterocycles. The standard InChI is InChI=1S/C27H27BrN2O3S/c1-16-6-7-17(2)24(12-16)33-11-10-29-26(31)25(34-27(29)32)15-21-14-19(4)30(20(21)5)22-8-9-23(28)18(3)13-22/h6-9,12-15H,10-11H2,1-5H3/b25-15-. The van der Waals surface area contributed by atoms with Crippen molar-refractivity contribution >= 4 is 44.9 Å². The molecular weight excluding hydrogens is 512 g/mol. The number of amides is 2. The molecule has 0 bridgehead atoms. The van der Waals surface area contributed by atoms with Gasteiger partial charge in [-0.3, -0.25) is 14.5 Å². The van der Waals surface area contributed by atoms with E-state index in [1.807, 2.05) is 64.1 Å². The molecule has 2 amide bonds. The normalized spacial score (nSPS) is 15.0. The molecule has 3 aromatic rings. The highest BCUT2D eigenvalue weighted by Crippen LogP contribution is 2.34. The van der Waals surface area contributed by atoms with E-state index < -0.39 is 0 Å². The number of hydrogen-bond acceptors (Lipinski definition) is 4. The van der Waals surface area contributed by atoms with Crippen molar-refractivity contribution in [2.24, 2.45) is 0 Å². The highest BCUT2D eigenvalue weighted by molar-refractivity contribution is 9.10. The van der Waals surface area contributed by atoms with Gasteiger partial charge in [0.25, 0.3) is 11.1 Å². The number of rotatable bonds is 6. The van der Waals surface area contributed by atoms with Crippen molar-refractivity contribution in [3.05, 3.63) is 85.5 Å². The highest BCUT2D eigenvalue weighted by atomic mass is 79.9. The smallest absolute Gasteiger partial charge is 0.293 e. The summed E-state index contributed by atoms with van der Waals surface area (Å²) in [7, 11) is 0. The summed E-state index contributed by atoms with van der Waals surface area (Å²) < 4.78 is 9.08. The summed E-state index contributed by atoms with van der Waals surface area (Å²) in [6, 6.07) is 14.3. The second kappa shape index (κ2) is 9.84. The van der Waals surface area contributed by atoms with Crippen LogP contribution in [0.4, 0.5) is 4.79 Å². The lowest BCUT2D eigenvalue weighted by atomic mass is 10.1. The molecule has 1 fully saturated rings. The van der Waals surface area contributed by atoms with Gasteiger partial charge in [-0.2, -0.15) is 0 Å². The van der Waals surface area contributed by atoms with Crippen LogP contribution in [0.5, 0.6) is 5.75 Å². The van der Waals surface area contributed by atoms with Crippen LogP contribution in [0.3, 0.4) is 0 Å². The Balaban J connectivity index is 1.51. The lowest BCUT2D eigenvalue weighted by molar-refractivity contribution is -0.123. The number of thioether (sulfide) groups is 1. The summed E-state index contributed by atoms with van der Waals surface area (Å²) >= 11 is 4.53. The van der Waals surface area contributed by atoms with Gasteiger partial charge in [0.05, 0.1) is 11.4 Å². The lowest BCUT2D eigenvalue weighted by Gasteiger charge is -2.14. The molecule has 7 heteroatoms. The van der Waals surface area contributed by atoms with Crippen LogP contribution in [0.25, 0.3) is 11.8 Å². The molecule has 5 nitrogen and oxygen atoms in total. The SMILES string of the molecule is Cc1ccc(C)c(OCCN2C(=O)S/C(=C\c3cc(C)n(-c4ccc(Br)c(C)c4)c3C)C2=O)c1. The minimum Gasteiger partial charge on any atom is -0.491 e. The maximum absolute atomic E-state index is 13.0. The molecule has 1 saturated heterocycles. The van der Waals surface area contributed by atoms with Crippen LogP contribution >= 0.6 is 27.7 Å². The van der Waals surface area contributed by atoms with E-state index in [9.17, 15) is 9.59 Å². The third kappa shape index (κ3) is 4.86. The van der Waals surface area contributed by atoms with E-state index in [1.165, 1.54) is 4.90 Å². The van der Waals surface area contributed by atoms with Crippen molar-refractivity contribution in [2.45, 2.75) is 34.6 Å². The maximum Gasteiger partial charge on any atom is 0.293 e. The Morgan fingerprint density at radius 3 is 2.47 bits per heavy atom. The van der Waals surface area contributed by atoms with Crippen LogP contribution in [0, 0.1) is 34.6 Å². The average Bonchev–Trinajstić information content (AvgIpc) is 3.21. The molecule has 0 spiro atoms. The predicted molar refractivity (Wildman–Crippen MR) is 142 cm³/mol. The van der Waals surface area contributed by atoms with Crippen molar-refractivity contribution in [1.82, 2.24) is 9.47 Å². The Labute approximate surface area is 212 Å². The Morgan fingerprint density at radius 2 is 1.74 bits per heavy atom. The topological polar surface area (TPSA) is 51.5 Å². The van der Waals surface area contributed by atoms with Crippen LogP contribution < -0.4 is 4.74 Å². The number of aromatic nitrogens is 1. The first-order valence-electron chi connectivity index (χ1n) is 11.1. The minimum absolute atomic E-state index is 0.215. The Bertz CT molecular complexity index is 1330. The summed E-state index contributed by atoms with van der Waals surface area (Å²) in [5.74, 6) is 0.502. The second-order valence-electron chi connectivity index (χ2n) is 8.55. The van der Waals surface area contributed by atoms with E-state index >= 15 is 0 Å². The number of aryl methyl sites for hydroxylation is 4. The summed E-state index contributed by atoms with van der Waals surface area (Å²) in [6.45, 7) is 10.6. The van der Waals surface area contributed by atoms with E-state index in [1.54, 1.807) is 0 Å². The molecule has 0 N–H and O–H groups in total. The van der Waals surface area contributed by atoms with Crippen molar-refractivity contribution < 1.29 is 14.3 Å². The van der Waals surface area contributed by atoms with Crippen molar-refractivity contribution in [3.8, 4) is 11.4 Å². The zero-order valence-electron chi connectivity index (χ0n) is 19.9. The van der Waals surface area contributed by atoms with E-state index in [4.69, 9.17) is 4.74 Å². The van der Waals surface area contributed by atoms with Crippen LogP contribution in [0.15, 0.2) is 51.8 Å². The fourth-order valence-corrected chi connectivity index (χ4v) is 5.15. The molecule has 0 atom stereocenters. The highest BCUT2D eigenvalue weighted by Gasteiger charge is 2.35. The van der Waals surface area contributed by atoms with Crippen molar-refractivity contribution in [1.29, 1.82) is 0 Å². The monoisotopic (exact) mass is 538 g/mol. The number of carbonyl (C=O) groups excluding carboxylic acids is 2. The third-order valence-electron chi connectivity index (χ3n) is 5.95. The van der Waals surface area contributed by atoms with E-state index in [0.29, 0.717) is 4.91 Å². The number of ether oxygens (including phenoxy) is 1. The van der Waals surface area contributed by atoms with Crippen molar-refractivity contribution in [2.75, 3.05) is 13.2 Å². The van der Waals surface area contributed by atoms with E-state index in [2.05, 4.69) is 39.6 Å². The van der Waals surface area contributed by atoms with Gasteiger partial charge in [-0.05, 0) is 105 Å². The average molecular weight is 539 g/mol. The molecule has 1 aliphatic rings. The number of hydrogen-bond donors (Lipinski definition) is 0. The third-order valence-corrected chi connectivity index (χ3v) is 7.74. The lowest BCUT2D eigenvalue weighted by Crippen LogP contribution is -2.32. The molecule has 0 saturated carbocycles.